The van der Waals surface area contributed by atoms with Crippen LogP contribution in [-0.2, 0) is 20.1 Å². The zero-order valence-corrected chi connectivity index (χ0v) is 21.0. The van der Waals surface area contributed by atoms with Gasteiger partial charge in [-0.05, 0) is 44.2 Å². The number of aliphatic hydroxyl groups is 1. The summed E-state index contributed by atoms with van der Waals surface area (Å²) in [6.45, 7) is 3.56. The lowest BCUT2D eigenvalue weighted by Gasteiger charge is -2.21. The highest BCUT2D eigenvalue weighted by Gasteiger charge is 2.31. The molecule has 3 aromatic rings. The van der Waals surface area contributed by atoms with Gasteiger partial charge in [0.2, 0.25) is 0 Å². The molecule has 4 rings (SSSR count). The maximum atomic E-state index is 13.6. The van der Waals surface area contributed by atoms with Crippen molar-refractivity contribution in [2.24, 2.45) is 7.05 Å². The van der Waals surface area contributed by atoms with Gasteiger partial charge in [-0.15, -0.1) is 13.2 Å². The lowest BCUT2D eigenvalue weighted by molar-refractivity contribution is -0.274. The lowest BCUT2D eigenvalue weighted by atomic mass is 9.99. The minimum absolute atomic E-state index is 0.0142. The summed E-state index contributed by atoms with van der Waals surface area (Å²) < 4.78 is 51.6. The van der Waals surface area contributed by atoms with E-state index in [0.717, 1.165) is 16.7 Å². The van der Waals surface area contributed by atoms with Crippen molar-refractivity contribution < 1.29 is 27.8 Å². The third-order valence-electron chi connectivity index (χ3n) is 6.32. The van der Waals surface area contributed by atoms with Gasteiger partial charge in [0.25, 0.3) is 5.56 Å². The fraction of sp³-hybridized carbons (Fsp3) is 0.400. The molecule has 0 spiro atoms. The van der Waals surface area contributed by atoms with Gasteiger partial charge in [-0.2, -0.15) is 4.98 Å². The van der Waals surface area contributed by atoms with Gasteiger partial charge in [-0.1, -0.05) is 25.1 Å². The highest BCUT2D eigenvalue weighted by Crippen LogP contribution is 2.30. The molecule has 13 heteroatoms. The number of aryl methyl sites for hydroxylation is 1. The summed E-state index contributed by atoms with van der Waals surface area (Å²) in [6, 6.07) is 4.54. The number of dihydropyridines is 1. The van der Waals surface area contributed by atoms with Gasteiger partial charge >= 0.3 is 18.1 Å². The van der Waals surface area contributed by atoms with Crippen LogP contribution in [-0.4, -0.2) is 41.8 Å². The van der Waals surface area contributed by atoms with Crippen LogP contribution in [0.2, 0.25) is 0 Å². The van der Waals surface area contributed by atoms with Crippen molar-refractivity contribution in [1.82, 2.24) is 24.0 Å². The van der Waals surface area contributed by atoms with Crippen LogP contribution in [0.3, 0.4) is 0 Å². The molecule has 2 atom stereocenters. The van der Waals surface area contributed by atoms with Crippen LogP contribution in [0.1, 0.15) is 26.7 Å². The van der Waals surface area contributed by atoms with E-state index in [9.17, 15) is 27.9 Å². The summed E-state index contributed by atoms with van der Waals surface area (Å²) in [4.78, 5) is 31.0. The number of fused-ring (bicyclic) bond motifs is 1. The molecule has 0 aliphatic carbocycles. The van der Waals surface area contributed by atoms with Gasteiger partial charge in [-0.25, -0.2) is 4.79 Å². The summed E-state index contributed by atoms with van der Waals surface area (Å²) in [6.07, 6.45) is 2.91. The van der Waals surface area contributed by atoms with Gasteiger partial charge < -0.3 is 19.9 Å². The number of rotatable bonds is 9. The number of hydrogen-bond donors (Lipinski definition) is 2. The molecule has 38 heavy (non-hydrogen) atoms. The number of hydrogen-bond acceptors (Lipinski definition) is 7. The molecule has 1 aliphatic heterocycles. The van der Waals surface area contributed by atoms with E-state index in [1.807, 2.05) is 12.2 Å². The summed E-state index contributed by atoms with van der Waals surface area (Å²) in [5.74, 6) is -0.503. The molecular formula is C25H28F3N5O5. The number of halogens is 3. The molecular weight excluding hydrogens is 507 g/mol. The van der Waals surface area contributed by atoms with Crippen molar-refractivity contribution in [3.05, 3.63) is 69.5 Å². The number of ether oxygens (including phenoxy) is 2. The average molecular weight is 536 g/mol. The molecule has 2 N–H and O–H groups in total. The van der Waals surface area contributed by atoms with Gasteiger partial charge in [0, 0.05) is 19.7 Å². The molecule has 2 aromatic heterocycles. The van der Waals surface area contributed by atoms with Gasteiger partial charge in [0.1, 0.15) is 11.5 Å². The molecule has 0 saturated carbocycles. The van der Waals surface area contributed by atoms with E-state index in [2.05, 4.69) is 15.0 Å². The fourth-order valence-electron chi connectivity index (χ4n) is 3.96. The van der Waals surface area contributed by atoms with Gasteiger partial charge in [-0.3, -0.25) is 18.5 Å². The topological polar surface area (TPSA) is 113 Å². The molecule has 204 valence electrons. The predicted molar refractivity (Wildman–Crippen MR) is 133 cm³/mol. The summed E-state index contributed by atoms with van der Waals surface area (Å²) >= 11 is 0. The van der Waals surface area contributed by atoms with Crippen LogP contribution in [0.25, 0.3) is 11.2 Å². The van der Waals surface area contributed by atoms with E-state index in [1.165, 1.54) is 28.3 Å². The van der Waals surface area contributed by atoms with E-state index in [0.29, 0.717) is 6.42 Å². The van der Waals surface area contributed by atoms with Crippen LogP contribution in [0, 0.1) is 0 Å². The second-order valence-corrected chi connectivity index (χ2v) is 9.22. The smallest absolute Gasteiger partial charge is 0.425 e. The molecule has 2 unspecified atom stereocenters. The Morgan fingerprint density at radius 2 is 1.89 bits per heavy atom. The van der Waals surface area contributed by atoms with Crippen LogP contribution in [0.15, 0.2) is 58.3 Å². The Morgan fingerprint density at radius 1 is 1.16 bits per heavy atom. The van der Waals surface area contributed by atoms with E-state index < -0.39 is 29.0 Å². The Labute approximate surface area is 215 Å². The molecule has 0 amide bonds. The number of allylic oxidation sites excluding steroid dienone is 2. The highest BCUT2D eigenvalue weighted by atomic mass is 19.4. The van der Waals surface area contributed by atoms with Crippen molar-refractivity contribution in [2.45, 2.75) is 57.8 Å². The molecule has 0 bridgehead atoms. The predicted octanol–water partition coefficient (Wildman–Crippen LogP) is 3.18. The Balaban J connectivity index is 1.82. The van der Waals surface area contributed by atoms with E-state index in [4.69, 9.17) is 4.74 Å². The second-order valence-electron chi connectivity index (χ2n) is 9.22. The van der Waals surface area contributed by atoms with Crippen LogP contribution in [0.5, 0.6) is 17.5 Å². The number of aromatic nitrogens is 4. The molecule has 1 aromatic carbocycles. The first-order valence-electron chi connectivity index (χ1n) is 11.9. The maximum absolute atomic E-state index is 13.6. The molecule has 10 nitrogen and oxygen atoms in total. The van der Waals surface area contributed by atoms with Crippen LogP contribution < -0.4 is 26.0 Å². The molecule has 3 heterocycles. The van der Waals surface area contributed by atoms with Gasteiger partial charge in [0.15, 0.2) is 11.2 Å². The number of nitrogens with one attached hydrogen (secondary N) is 1. The summed E-state index contributed by atoms with van der Waals surface area (Å²) in [7, 11) is 1.46. The zero-order valence-electron chi connectivity index (χ0n) is 21.0. The first-order chi connectivity index (χ1) is 17.9. The fourth-order valence-corrected chi connectivity index (χ4v) is 3.96. The largest absolute Gasteiger partial charge is 0.573 e. The maximum Gasteiger partial charge on any atom is 0.573 e. The molecule has 0 fully saturated rings. The number of benzene rings is 1. The Bertz CT molecular complexity index is 1500. The Kier molecular flexibility index (Phi) is 7.40. The average Bonchev–Trinajstić information content (AvgIpc) is 3.20. The van der Waals surface area contributed by atoms with Crippen LogP contribution in [0.4, 0.5) is 13.2 Å². The second kappa shape index (κ2) is 10.4. The van der Waals surface area contributed by atoms with Crippen molar-refractivity contribution in [3.8, 4) is 17.5 Å². The monoisotopic (exact) mass is 535 g/mol. The summed E-state index contributed by atoms with van der Waals surface area (Å²) in [5, 5.41) is 13.6. The molecule has 0 radical (unpaired) electrons. The molecule has 0 saturated heterocycles. The van der Waals surface area contributed by atoms with Crippen molar-refractivity contribution in [3.63, 3.8) is 0 Å². The van der Waals surface area contributed by atoms with Gasteiger partial charge in [0.05, 0.1) is 18.2 Å². The lowest BCUT2D eigenvalue weighted by Crippen LogP contribution is -2.41. The molecule has 1 aliphatic rings. The first kappa shape index (κ1) is 27.0. The van der Waals surface area contributed by atoms with Crippen molar-refractivity contribution >= 4 is 11.2 Å². The SMILES string of the molecule is CCC(C)(O)CCn1c(=O)c2c(nc(Oc3cccc(OC(F)(F)F)c3)n2CC2C=CC=CN2)n(C)c1=O. The van der Waals surface area contributed by atoms with Crippen molar-refractivity contribution in [2.75, 3.05) is 0 Å². The highest BCUT2D eigenvalue weighted by molar-refractivity contribution is 5.72. The first-order valence-corrected chi connectivity index (χ1v) is 11.9. The van der Waals surface area contributed by atoms with E-state index in [-0.39, 0.29) is 48.5 Å². The number of imidazole rings is 1. The van der Waals surface area contributed by atoms with Crippen LogP contribution >= 0.6 is 0 Å². The minimum Gasteiger partial charge on any atom is -0.425 e. The van der Waals surface area contributed by atoms with Crippen molar-refractivity contribution in [1.29, 1.82) is 0 Å². The normalized spacial score (nSPS) is 16.9. The zero-order chi connectivity index (χ0) is 27.7. The third kappa shape index (κ3) is 5.93. The quantitative estimate of drug-likeness (QED) is 0.433. The standard InChI is InChI=1S/C25H28F3N5O5/c1-4-24(2,36)11-13-32-21(34)19-20(31(3)23(32)35)30-22(33(19)15-16-8-5-6-12-29-16)37-17-9-7-10-18(14-17)38-25(26,27)28/h5-10,12,14,16,29,36H,4,11,13,15H2,1-3H3. The third-order valence-corrected chi connectivity index (χ3v) is 6.32. The van der Waals surface area contributed by atoms with E-state index in [1.54, 1.807) is 26.1 Å². The number of alkyl halides is 3. The summed E-state index contributed by atoms with van der Waals surface area (Å²) in [5.41, 5.74) is -2.19. The number of nitrogens with zero attached hydrogens (tertiary/aromatic N) is 4. The Hall–Kier alpha value is -4.00. The minimum atomic E-state index is -4.88. The van der Waals surface area contributed by atoms with E-state index >= 15 is 0 Å². The Morgan fingerprint density at radius 3 is 2.55 bits per heavy atom.